The third-order valence-electron chi connectivity index (χ3n) is 4.93. The summed E-state index contributed by atoms with van der Waals surface area (Å²) in [5.41, 5.74) is 1.34. The smallest absolute Gasteiger partial charge is 0.251 e. The van der Waals surface area contributed by atoms with Gasteiger partial charge in [-0.1, -0.05) is 12.1 Å². The highest BCUT2D eigenvalue weighted by molar-refractivity contribution is 5.76. The van der Waals surface area contributed by atoms with Crippen molar-refractivity contribution in [1.82, 2.24) is 15.1 Å². The Kier molecular flexibility index (Phi) is 5.10. The summed E-state index contributed by atoms with van der Waals surface area (Å²) in [6.07, 6.45) is 2.25. The molecule has 0 bridgehead atoms. The molecule has 1 saturated heterocycles. The zero-order valence-corrected chi connectivity index (χ0v) is 15.6. The van der Waals surface area contributed by atoms with Gasteiger partial charge in [0.2, 0.25) is 11.8 Å². The molecule has 0 spiro atoms. The molecule has 0 radical (unpaired) electrons. The molecule has 0 N–H and O–H groups in total. The van der Waals surface area contributed by atoms with Crippen molar-refractivity contribution in [2.45, 2.75) is 19.8 Å². The number of benzene rings is 1. The third-order valence-corrected chi connectivity index (χ3v) is 4.93. The summed E-state index contributed by atoms with van der Waals surface area (Å²) in [5.74, 6) is 1.33. The molecule has 1 aliphatic rings. The molecule has 3 heterocycles. The highest BCUT2D eigenvalue weighted by Gasteiger charge is 2.23. The number of anilines is 1. The lowest BCUT2D eigenvalue weighted by Gasteiger charge is -2.36. The number of hydrogen-bond donors (Lipinski definition) is 0. The SMILES string of the molecule is Cc1occc1-c1nnc(CCC(=O)N2CCN(c3ccccc3F)CC2)o1. The topological polar surface area (TPSA) is 75.6 Å². The molecule has 1 aliphatic heterocycles. The number of furan rings is 1. The van der Waals surface area contributed by atoms with E-state index in [2.05, 4.69) is 10.2 Å². The minimum absolute atomic E-state index is 0.0347. The van der Waals surface area contributed by atoms with Gasteiger partial charge in [0.05, 0.1) is 17.5 Å². The number of aryl methyl sites for hydroxylation is 2. The Morgan fingerprint density at radius 3 is 2.64 bits per heavy atom. The van der Waals surface area contributed by atoms with Crippen LogP contribution in [0, 0.1) is 12.7 Å². The van der Waals surface area contributed by atoms with Gasteiger partial charge in [0, 0.05) is 39.0 Å². The molecule has 0 aliphatic carbocycles. The Morgan fingerprint density at radius 1 is 1.14 bits per heavy atom. The number of piperazine rings is 1. The van der Waals surface area contributed by atoms with Gasteiger partial charge in [0.1, 0.15) is 11.6 Å². The molecule has 3 aromatic rings. The van der Waals surface area contributed by atoms with Gasteiger partial charge in [-0.3, -0.25) is 4.79 Å². The van der Waals surface area contributed by atoms with Crippen LogP contribution in [0.25, 0.3) is 11.5 Å². The van der Waals surface area contributed by atoms with Gasteiger partial charge >= 0.3 is 0 Å². The van der Waals surface area contributed by atoms with Crippen LogP contribution in [-0.2, 0) is 11.2 Å². The number of rotatable bonds is 5. The van der Waals surface area contributed by atoms with E-state index in [1.807, 2.05) is 17.9 Å². The Labute approximate surface area is 161 Å². The van der Waals surface area contributed by atoms with Crippen molar-refractivity contribution >= 4 is 11.6 Å². The zero-order chi connectivity index (χ0) is 19.5. The van der Waals surface area contributed by atoms with E-state index in [0.717, 1.165) is 5.56 Å². The second-order valence-electron chi connectivity index (χ2n) is 6.71. The normalized spacial score (nSPS) is 14.5. The highest BCUT2D eigenvalue weighted by Crippen LogP contribution is 2.23. The van der Waals surface area contributed by atoms with Crippen molar-refractivity contribution < 1.29 is 18.0 Å². The molecule has 0 atom stereocenters. The van der Waals surface area contributed by atoms with Gasteiger partial charge in [0.25, 0.3) is 5.89 Å². The Balaban J connectivity index is 1.29. The average molecular weight is 384 g/mol. The van der Waals surface area contributed by atoms with Gasteiger partial charge in [0.15, 0.2) is 0 Å². The van der Waals surface area contributed by atoms with Gasteiger partial charge in [-0.05, 0) is 25.1 Å². The molecule has 0 unspecified atom stereocenters. The second-order valence-corrected chi connectivity index (χ2v) is 6.71. The van der Waals surface area contributed by atoms with Crippen LogP contribution in [0.3, 0.4) is 0 Å². The van der Waals surface area contributed by atoms with E-state index in [1.165, 1.54) is 6.07 Å². The molecule has 1 fully saturated rings. The van der Waals surface area contributed by atoms with Crippen LogP contribution in [0.4, 0.5) is 10.1 Å². The highest BCUT2D eigenvalue weighted by atomic mass is 19.1. The van der Waals surface area contributed by atoms with Crippen LogP contribution in [0.1, 0.15) is 18.1 Å². The van der Waals surface area contributed by atoms with Crippen molar-refractivity contribution in [2.75, 3.05) is 31.1 Å². The Bertz CT molecular complexity index is 960. The first-order valence-electron chi connectivity index (χ1n) is 9.26. The van der Waals surface area contributed by atoms with Crippen LogP contribution in [0.2, 0.25) is 0 Å². The summed E-state index contributed by atoms with van der Waals surface area (Å²) in [4.78, 5) is 16.3. The predicted molar refractivity (Wildman–Crippen MR) is 100 cm³/mol. The maximum atomic E-state index is 13.9. The molecular formula is C20H21FN4O3. The van der Waals surface area contributed by atoms with Gasteiger partial charge in [-0.25, -0.2) is 4.39 Å². The molecule has 1 aromatic carbocycles. The molecular weight excluding hydrogens is 363 g/mol. The fourth-order valence-corrected chi connectivity index (χ4v) is 3.35. The number of halogens is 1. The van der Waals surface area contributed by atoms with Crippen molar-refractivity contribution in [2.24, 2.45) is 0 Å². The van der Waals surface area contributed by atoms with Crippen molar-refractivity contribution in [3.05, 3.63) is 54.1 Å². The lowest BCUT2D eigenvalue weighted by atomic mass is 10.2. The maximum Gasteiger partial charge on any atom is 0.251 e. The second kappa shape index (κ2) is 7.84. The minimum Gasteiger partial charge on any atom is -0.469 e. The fraction of sp³-hybridized carbons (Fsp3) is 0.350. The number of aromatic nitrogens is 2. The first-order chi connectivity index (χ1) is 13.6. The first-order valence-corrected chi connectivity index (χ1v) is 9.26. The molecule has 0 saturated carbocycles. The minimum atomic E-state index is -0.234. The average Bonchev–Trinajstić information content (AvgIpc) is 3.35. The van der Waals surface area contributed by atoms with Crippen molar-refractivity contribution in [1.29, 1.82) is 0 Å². The molecule has 4 rings (SSSR count). The lowest BCUT2D eigenvalue weighted by molar-refractivity contribution is -0.131. The lowest BCUT2D eigenvalue weighted by Crippen LogP contribution is -2.49. The number of nitrogens with zero attached hydrogens (tertiary/aromatic N) is 4. The van der Waals surface area contributed by atoms with E-state index in [0.29, 0.717) is 62.2 Å². The van der Waals surface area contributed by atoms with Crippen LogP contribution < -0.4 is 4.90 Å². The van der Waals surface area contributed by atoms with E-state index in [9.17, 15) is 9.18 Å². The van der Waals surface area contributed by atoms with Gasteiger partial charge in [-0.2, -0.15) is 0 Å². The summed E-state index contributed by atoms with van der Waals surface area (Å²) in [6.45, 7) is 4.17. The fourth-order valence-electron chi connectivity index (χ4n) is 3.35. The van der Waals surface area contributed by atoms with Crippen LogP contribution >= 0.6 is 0 Å². The standard InChI is InChI=1S/C20H21FN4O3/c1-14-15(8-13-27-14)20-23-22-18(28-20)6-7-19(26)25-11-9-24(10-12-25)17-5-3-2-4-16(17)21/h2-5,8,13H,6-7,9-12H2,1H3. The summed E-state index contributed by atoms with van der Waals surface area (Å²) >= 11 is 0. The van der Waals surface area contributed by atoms with Crippen molar-refractivity contribution in [3.8, 4) is 11.5 Å². The van der Waals surface area contributed by atoms with Gasteiger partial charge < -0.3 is 18.6 Å². The number of hydrogen-bond acceptors (Lipinski definition) is 6. The summed E-state index contributed by atoms with van der Waals surface area (Å²) in [6, 6.07) is 8.49. The van der Waals surface area contributed by atoms with Crippen molar-refractivity contribution in [3.63, 3.8) is 0 Å². The van der Waals surface area contributed by atoms with Crippen LogP contribution in [-0.4, -0.2) is 47.2 Å². The molecule has 146 valence electrons. The van der Waals surface area contributed by atoms with Gasteiger partial charge in [-0.15, -0.1) is 10.2 Å². The van der Waals surface area contributed by atoms with E-state index in [-0.39, 0.29) is 11.7 Å². The van der Waals surface area contributed by atoms with E-state index in [1.54, 1.807) is 29.4 Å². The largest absolute Gasteiger partial charge is 0.469 e. The molecule has 8 heteroatoms. The zero-order valence-electron chi connectivity index (χ0n) is 15.6. The third kappa shape index (κ3) is 3.76. The number of carbonyl (C=O) groups is 1. The summed E-state index contributed by atoms with van der Waals surface area (Å²) < 4.78 is 24.8. The number of amides is 1. The predicted octanol–water partition coefficient (Wildman–Crippen LogP) is 3.06. The first kappa shape index (κ1) is 18.2. The van der Waals surface area contributed by atoms with E-state index in [4.69, 9.17) is 8.83 Å². The summed E-state index contributed by atoms with van der Waals surface area (Å²) in [5, 5.41) is 8.03. The van der Waals surface area contributed by atoms with E-state index < -0.39 is 0 Å². The number of para-hydroxylation sites is 1. The van der Waals surface area contributed by atoms with Crippen LogP contribution in [0.5, 0.6) is 0 Å². The molecule has 1 amide bonds. The van der Waals surface area contributed by atoms with Crippen LogP contribution in [0.15, 0.2) is 45.4 Å². The molecule has 7 nitrogen and oxygen atoms in total. The monoisotopic (exact) mass is 384 g/mol. The Hall–Kier alpha value is -3.16. The molecule has 2 aromatic heterocycles. The number of carbonyl (C=O) groups excluding carboxylic acids is 1. The Morgan fingerprint density at radius 2 is 1.93 bits per heavy atom. The summed E-state index contributed by atoms with van der Waals surface area (Å²) in [7, 11) is 0. The molecule has 28 heavy (non-hydrogen) atoms. The quantitative estimate of drug-likeness (QED) is 0.673. The van der Waals surface area contributed by atoms with E-state index >= 15 is 0 Å². The maximum absolute atomic E-state index is 13.9.